The molecule has 0 aromatic carbocycles. The summed E-state index contributed by atoms with van der Waals surface area (Å²) >= 11 is 0. The van der Waals surface area contributed by atoms with Gasteiger partial charge in [-0.15, -0.1) is 0 Å². The van der Waals surface area contributed by atoms with E-state index in [9.17, 15) is 19.8 Å². The molecule has 0 aliphatic heterocycles. The second-order valence-corrected chi connectivity index (χ2v) is 25.6. The topological polar surface area (TPSA) is 95.9 Å². The molecule has 1 amide bonds. The van der Waals surface area contributed by atoms with Crippen molar-refractivity contribution in [3.05, 3.63) is 24.3 Å². The summed E-state index contributed by atoms with van der Waals surface area (Å²) in [5.74, 6) is -0.0198. The van der Waals surface area contributed by atoms with Gasteiger partial charge in [-0.25, -0.2) is 0 Å². The van der Waals surface area contributed by atoms with Gasteiger partial charge >= 0.3 is 5.97 Å². The maximum atomic E-state index is 12.5. The molecule has 0 heterocycles. The minimum Gasteiger partial charge on any atom is -0.466 e. The third-order valence-corrected chi connectivity index (χ3v) is 17.5. The standard InChI is InChI=1S/C75H145NO5/c1-3-5-7-9-11-13-15-17-19-20-33-36-40-43-47-51-55-59-63-67-73(78)72(71-77)76-74(79)68-64-60-56-52-48-44-41-37-34-31-29-27-25-23-21-22-24-26-28-30-32-35-38-42-46-50-54-58-62-66-70-81-75(80)69-65-61-57-53-49-45-39-18-16-14-12-10-8-6-4-2/h12,14,18,39,72-73,77-78H,3-11,13,15-17,19-38,40-71H2,1-2H3,(H,76,79)/b14-12-,39-18-. The number of amides is 1. The van der Waals surface area contributed by atoms with E-state index in [2.05, 4.69) is 43.5 Å². The zero-order valence-electron chi connectivity index (χ0n) is 55.0. The van der Waals surface area contributed by atoms with Crippen LogP contribution in [0.25, 0.3) is 0 Å². The number of aliphatic hydroxyl groups excluding tert-OH is 2. The highest BCUT2D eigenvalue weighted by Gasteiger charge is 2.20. The smallest absolute Gasteiger partial charge is 0.305 e. The molecular weight excluding hydrogens is 995 g/mol. The number of unbranched alkanes of at least 4 members (excludes halogenated alkanes) is 55. The molecule has 0 aromatic rings. The van der Waals surface area contributed by atoms with Gasteiger partial charge in [-0.3, -0.25) is 9.59 Å². The van der Waals surface area contributed by atoms with Crippen molar-refractivity contribution in [2.45, 2.75) is 431 Å². The van der Waals surface area contributed by atoms with E-state index in [1.165, 1.54) is 334 Å². The van der Waals surface area contributed by atoms with Crippen LogP contribution in [0.2, 0.25) is 0 Å². The van der Waals surface area contributed by atoms with Crippen molar-refractivity contribution in [1.82, 2.24) is 5.32 Å². The predicted molar refractivity (Wildman–Crippen MR) is 356 cm³/mol. The summed E-state index contributed by atoms with van der Waals surface area (Å²) < 4.78 is 5.49. The van der Waals surface area contributed by atoms with Crippen LogP contribution in [0.5, 0.6) is 0 Å². The van der Waals surface area contributed by atoms with Crippen LogP contribution in [-0.4, -0.2) is 47.4 Å². The Morgan fingerprint density at radius 3 is 0.963 bits per heavy atom. The molecule has 0 aromatic heterocycles. The Morgan fingerprint density at radius 2 is 0.617 bits per heavy atom. The Morgan fingerprint density at radius 1 is 0.346 bits per heavy atom. The average Bonchev–Trinajstić information content (AvgIpc) is 3.47. The van der Waals surface area contributed by atoms with Crippen LogP contribution in [0.15, 0.2) is 24.3 Å². The second-order valence-electron chi connectivity index (χ2n) is 25.6. The van der Waals surface area contributed by atoms with Gasteiger partial charge in [0.05, 0.1) is 25.4 Å². The van der Waals surface area contributed by atoms with E-state index in [1.54, 1.807) is 0 Å². The number of ether oxygens (including phenoxy) is 1. The highest BCUT2D eigenvalue weighted by molar-refractivity contribution is 5.76. The van der Waals surface area contributed by atoms with Gasteiger partial charge in [0.15, 0.2) is 0 Å². The fraction of sp³-hybridized carbons (Fsp3) is 0.920. The maximum Gasteiger partial charge on any atom is 0.305 e. The van der Waals surface area contributed by atoms with Crippen molar-refractivity contribution in [3.63, 3.8) is 0 Å². The highest BCUT2D eigenvalue weighted by Crippen LogP contribution is 2.20. The average molecular weight is 1140 g/mol. The molecule has 0 fully saturated rings. The Balaban J connectivity index is 3.33. The number of allylic oxidation sites excluding steroid dienone is 4. The van der Waals surface area contributed by atoms with Gasteiger partial charge in [0, 0.05) is 12.8 Å². The number of nitrogens with one attached hydrogen (secondary N) is 1. The van der Waals surface area contributed by atoms with Gasteiger partial charge in [-0.2, -0.15) is 0 Å². The van der Waals surface area contributed by atoms with Crippen LogP contribution >= 0.6 is 0 Å². The van der Waals surface area contributed by atoms with Gasteiger partial charge in [-0.05, 0) is 57.8 Å². The Kier molecular flexibility index (Phi) is 69.4. The molecule has 2 atom stereocenters. The van der Waals surface area contributed by atoms with Gasteiger partial charge < -0.3 is 20.3 Å². The van der Waals surface area contributed by atoms with Crippen molar-refractivity contribution in [2.24, 2.45) is 0 Å². The van der Waals surface area contributed by atoms with E-state index < -0.39 is 12.1 Å². The van der Waals surface area contributed by atoms with Gasteiger partial charge in [0.1, 0.15) is 0 Å². The van der Waals surface area contributed by atoms with Crippen molar-refractivity contribution in [3.8, 4) is 0 Å². The fourth-order valence-corrected chi connectivity index (χ4v) is 11.9. The first-order chi connectivity index (χ1) is 40.0. The number of aliphatic hydroxyl groups is 2. The lowest BCUT2D eigenvalue weighted by molar-refractivity contribution is -0.143. The van der Waals surface area contributed by atoms with Crippen LogP contribution in [0, 0.1) is 0 Å². The zero-order chi connectivity index (χ0) is 58.5. The van der Waals surface area contributed by atoms with Crippen LogP contribution in [0.1, 0.15) is 418 Å². The molecule has 480 valence electrons. The third kappa shape index (κ3) is 67.3. The first-order valence-electron chi connectivity index (χ1n) is 37.1. The van der Waals surface area contributed by atoms with Crippen molar-refractivity contribution in [1.29, 1.82) is 0 Å². The molecule has 6 heteroatoms. The molecule has 3 N–H and O–H groups in total. The summed E-state index contributed by atoms with van der Waals surface area (Å²) in [6, 6.07) is -0.539. The summed E-state index contributed by atoms with van der Waals surface area (Å²) in [6.45, 7) is 4.96. The molecule has 0 saturated heterocycles. The van der Waals surface area contributed by atoms with E-state index in [0.717, 1.165) is 51.4 Å². The van der Waals surface area contributed by atoms with Gasteiger partial charge in [-0.1, -0.05) is 372 Å². The largest absolute Gasteiger partial charge is 0.466 e. The van der Waals surface area contributed by atoms with E-state index >= 15 is 0 Å². The minimum absolute atomic E-state index is 0.00684. The second kappa shape index (κ2) is 70.8. The van der Waals surface area contributed by atoms with Crippen LogP contribution in [0.3, 0.4) is 0 Å². The van der Waals surface area contributed by atoms with Crippen molar-refractivity contribution >= 4 is 11.9 Å². The Labute approximate surface area is 507 Å². The normalized spacial score (nSPS) is 12.6. The van der Waals surface area contributed by atoms with Crippen LogP contribution in [-0.2, 0) is 14.3 Å². The van der Waals surface area contributed by atoms with Crippen LogP contribution in [0.4, 0.5) is 0 Å². The lowest BCUT2D eigenvalue weighted by Gasteiger charge is -2.22. The molecule has 0 aliphatic rings. The fourth-order valence-electron chi connectivity index (χ4n) is 11.9. The van der Waals surface area contributed by atoms with Gasteiger partial charge in [0.2, 0.25) is 5.91 Å². The predicted octanol–water partition coefficient (Wildman–Crippen LogP) is 24.1. The monoisotopic (exact) mass is 1140 g/mol. The Bertz CT molecular complexity index is 1270. The van der Waals surface area contributed by atoms with Crippen LogP contribution < -0.4 is 5.32 Å². The SMILES string of the molecule is CCCCC/C=C\C/C=C\CCCCCCCC(=O)OCCCCCCCCCCCCCCCCCCCCCCCCCCCCCCCCC(=O)NC(CO)C(O)CCCCCCCCCCCCCCCCCCCCC. The molecule has 0 saturated carbocycles. The van der Waals surface area contributed by atoms with Crippen molar-refractivity contribution in [2.75, 3.05) is 13.2 Å². The molecule has 2 unspecified atom stereocenters. The van der Waals surface area contributed by atoms with E-state index in [0.29, 0.717) is 25.9 Å². The summed E-state index contributed by atoms with van der Waals surface area (Å²) in [7, 11) is 0. The lowest BCUT2D eigenvalue weighted by Crippen LogP contribution is -2.45. The minimum atomic E-state index is -0.662. The molecular formula is C75H145NO5. The number of hydrogen-bond acceptors (Lipinski definition) is 5. The molecule has 0 radical (unpaired) electrons. The first kappa shape index (κ1) is 79.3. The summed E-state index contributed by atoms with van der Waals surface area (Å²) in [5, 5.41) is 23.4. The zero-order valence-corrected chi connectivity index (χ0v) is 55.0. The molecule has 6 nitrogen and oxygen atoms in total. The summed E-state index contributed by atoms with van der Waals surface area (Å²) in [6.07, 6.45) is 89.6. The maximum absolute atomic E-state index is 12.5. The summed E-state index contributed by atoms with van der Waals surface area (Å²) in [5.41, 5.74) is 0. The third-order valence-electron chi connectivity index (χ3n) is 17.5. The number of carbonyl (C=O) groups excluding carboxylic acids is 2. The molecule has 0 bridgehead atoms. The number of esters is 1. The molecule has 81 heavy (non-hydrogen) atoms. The number of hydrogen-bond donors (Lipinski definition) is 3. The Hall–Kier alpha value is -1.66. The first-order valence-corrected chi connectivity index (χ1v) is 37.1. The molecule has 0 aliphatic carbocycles. The lowest BCUT2D eigenvalue weighted by atomic mass is 10.0. The number of rotatable bonds is 70. The van der Waals surface area contributed by atoms with E-state index in [1.807, 2.05) is 0 Å². The molecule has 0 rings (SSSR count). The van der Waals surface area contributed by atoms with Crippen molar-refractivity contribution < 1.29 is 24.5 Å². The molecule has 0 spiro atoms. The number of carbonyl (C=O) groups is 2. The summed E-state index contributed by atoms with van der Waals surface area (Å²) in [4.78, 5) is 24.6. The quantitative estimate of drug-likeness (QED) is 0.0320. The van der Waals surface area contributed by atoms with E-state index in [4.69, 9.17) is 4.74 Å². The highest BCUT2D eigenvalue weighted by atomic mass is 16.5. The van der Waals surface area contributed by atoms with Gasteiger partial charge in [0.25, 0.3) is 0 Å². The van der Waals surface area contributed by atoms with E-state index in [-0.39, 0.29) is 18.5 Å².